The number of carboxylic acid groups (broad SMARTS) is 1. The topological polar surface area (TPSA) is 121 Å². The molecule has 8 nitrogen and oxygen atoms in total. The van der Waals surface area contributed by atoms with Crippen molar-refractivity contribution in [2.24, 2.45) is 5.73 Å². The maximum Gasteiger partial charge on any atom is 0.513 e. The summed E-state index contributed by atoms with van der Waals surface area (Å²) in [5.74, 6) is 1.20. The second-order valence-electron chi connectivity index (χ2n) is 8.01. The Hall–Kier alpha value is -2.48. The number of carboxylic acids is 1. The Balaban J connectivity index is 0. The van der Waals surface area contributed by atoms with Crippen molar-refractivity contribution in [3.05, 3.63) is 77.0 Å². The van der Waals surface area contributed by atoms with Crippen molar-refractivity contribution < 1.29 is 28.9 Å². The summed E-state index contributed by atoms with van der Waals surface area (Å²) in [5, 5.41) is 9.94. The Bertz CT molecular complexity index is 1190. The van der Waals surface area contributed by atoms with Gasteiger partial charge in [0.05, 0.1) is 0 Å². The molecule has 1 atom stereocenters. The molecular formula is C33H49IN2O6S2. The highest BCUT2D eigenvalue weighted by Gasteiger charge is 2.16. The molecule has 0 fully saturated rings. The van der Waals surface area contributed by atoms with E-state index in [1.165, 1.54) is 10.8 Å². The number of benzene rings is 2. The van der Waals surface area contributed by atoms with Gasteiger partial charge in [0.15, 0.2) is 0 Å². The fourth-order valence-corrected chi connectivity index (χ4v) is 5.06. The number of aliphatic carboxylic acids is 1. The molecule has 0 amide bonds. The number of alkyl halides is 1. The highest BCUT2D eigenvalue weighted by Crippen LogP contribution is 2.33. The van der Waals surface area contributed by atoms with E-state index in [-0.39, 0.29) is 13.0 Å². The molecule has 0 radical (unpaired) electrons. The third-order valence-corrected chi connectivity index (χ3v) is 7.25. The molecule has 0 saturated carbocycles. The lowest BCUT2D eigenvalue weighted by molar-refractivity contribution is -0.138. The van der Waals surface area contributed by atoms with E-state index < -0.39 is 18.2 Å². The van der Waals surface area contributed by atoms with E-state index in [4.69, 9.17) is 25.1 Å². The molecule has 3 N–H and O–H groups in total. The molecule has 0 aliphatic carbocycles. The van der Waals surface area contributed by atoms with Gasteiger partial charge >= 0.3 is 12.1 Å². The van der Waals surface area contributed by atoms with Crippen LogP contribution in [0.2, 0.25) is 0 Å². The summed E-state index contributed by atoms with van der Waals surface area (Å²) in [6.45, 7) is 17.8. The average Bonchev–Trinajstić information content (AvgIpc) is 3.04. The number of halogens is 1. The molecule has 1 aromatic heterocycles. The number of aryl methyl sites for hydroxylation is 3. The highest BCUT2D eigenvalue weighted by atomic mass is 127. The number of aromatic nitrogens is 1. The van der Waals surface area contributed by atoms with Crippen LogP contribution in [0.5, 0.6) is 17.2 Å². The van der Waals surface area contributed by atoms with Gasteiger partial charge in [-0.05, 0) is 95.5 Å². The molecule has 0 bridgehead atoms. The fourth-order valence-electron chi connectivity index (χ4n) is 3.35. The number of rotatable bonds is 11. The van der Waals surface area contributed by atoms with Gasteiger partial charge in [-0.3, -0.25) is 4.79 Å². The van der Waals surface area contributed by atoms with Crippen LogP contribution in [0.4, 0.5) is 4.79 Å². The predicted molar refractivity (Wildman–Crippen MR) is 195 cm³/mol. The quantitative estimate of drug-likeness (QED) is 0.0488. The zero-order valence-corrected chi connectivity index (χ0v) is 31.4. The summed E-state index contributed by atoms with van der Waals surface area (Å²) in [6.07, 6.45) is 1.20. The molecule has 1 heterocycles. The van der Waals surface area contributed by atoms with Crippen LogP contribution in [-0.2, 0) is 16.0 Å². The smallest absolute Gasteiger partial charge is 0.480 e. The van der Waals surface area contributed by atoms with Crippen LogP contribution >= 0.6 is 44.2 Å². The minimum absolute atomic E-state index is 0.218. The van der Waals surface area contributed by atoms with Crippen LogP contribution < -0.4 is 15.2 Å². The van der Waals surface area contributed by atoms with Crippen LogP contribution in [0.1, 0.15) is 63.8 Å². The first-order valence-corrected chi connectivity index (χ1v) is 19.0. The summed E-state index contributed by atoms with van der Waals surface area (Å²) in [4.78, 5) is 29.3. The number of hydrogen-bond acceptors (Lipinski definition) is 9. The predicted octanol–water partition coefficient (Wildman–Crippen LogP) is 9.84. The van der Waals surface area contributed by atoms with Gasteiger partial charge in [0, 0.05) is 11.9 Å². The van der Waals surface area contributed by atoms with Crippen LogP contribution in [0.25, 0.3) is 0 Å². The molecule has 1 unspecified atom stereocenters. The maximum absolute atomic E-state index is 12.1. The number of ether oxygens (including phenoxy) is 3. The third kappa shape index (κ3) is 17.1. The molecule has 0 aliphatic rings. The van der Waals surface area contributed by atoms with Crippen molar-refractivity contribution in [2.45, 2.75) is 79.8 Å². The Labute approximate surface area is 285 Å². The van der Waals surface area contributed by atoms with Crippen molar-refractivity contribution in [3.63, 3.8) is 0 Å². The Morgan fingerprint density at radius 3 is 2.07 bits per heavy atom. The lowest BCUT2D eigenvalue weighted by atomic mass is 10.0. The molecule has 11 heteroatoms. The van der Waals surface area contributed by atoms with E-state index in [0.29, 0.717) is 28.6 Å². The normalized spacial score (nSPS) is 10.0. The largest absolute Gasteiger partial charge is 0.513 e. The minimum atomic E-state index is -1.04. The van der Waals surface area contributed by atoms with E-state index in [1.54, 1.807) is 35.2 Å². The van der Waals surface area contributed by atoms with Gasteiger partial charge in [-0.15, -0.1) is 0 Å². The zero-order chi connectivity index (χ0) is 34.1. The number of carbonyl (C=O) groups excluding carboxylic acids is 1. The third-order valence-electron chi connectivity index (χ3n) is 5.02. The van der Waals surface area contributed by atoms with Gasteiger partial charge in [-0.25, -0.2) is 9.78 Å². The molecule has 2 aromatic carbocycles. The van der Waals surface area contributed by atoms with Gasteiger partial charge in [0.25, 0.3) is 0 Å². The summed E-state index contributed by atoms with van der Waals surface area (Å²) in [6, 6.07) is 13.6. The van der Waals surface area contributed by atoms with E-state index in [2.05, 4.69) is 27.6 Å². The molecule has 0 saturated heterocycles. The van der Waals surface area contributed by atoms with Gasteiger partial charge in [-0.1, -0.05) is 93.1 Å². The Kier molecular flexibility index (Phi) is 26.7. The van der Waals surface area contributed by atoms with E-state index in [0.717, 1.165) is 21.7 Å². The molecule has 3 rings (SSSR count). The SMILES string of the molecule is CC.CC.CC.CI.Cc1cc(Oc2c(C)cc(CC(N)C(=O)O)cc2C)ccc1OC(=O)OCCSSc1ccccn1. The lowest BCUT2D eigenvalue weighted by Crippen LogP contribution is -2.32. The molecule has 0 spiro atoms. The van der Waals surface area contributed by atoms with Crippen molar-refractivity contribution in [1.82, 2.24) is 4.98 Å². The fraction of sp³-hybridized carbons (Fsp3) is 0.424. The van der Waals surface area contributed by atoms with Gasteiger partial charge < -0.3 is 25.1 Å². The van der Waals surface area contributed by atoms with Crippen LogP contribution in [0.15, 0.2) is 59.8 Å². The van der Waals surface area contributed by atoms with Crippen LogP contribution in [0.3, 0.4) is 0 Å². The molecule has 44 heavy (non-hydrogen) atoms. The number of nitrogens with two attached hydrogens (primary N) is 1. The summed E-state index contributed by atoms with van der Waals surface area (Å²) < 4.78 is 16.6. The van der Waals surface area contributed by atoms with Crippen molar-refractivity contribution in [2.75, 3.05) is 17.3 Å². The first-order chi connectivity index (χ1) is 21.2. The monoisotopic (exact) mass is 760 g/mol. The van der Waals surface area contributed by atoms with E-state index >= 15 is 0 Å². The number of pyridine rings is 1. The maximum atomic E-state index is 12.1. The molecule has 246 valence electrons. The molecular weight excluding hydrogens is 711 g/mol. The highest BCUT2D eigenvalue weighted by molar-refractivity contribution is 14.1. The zero-order valence-electron chi connectivity index (χ0n) is 27.6. The van der Waals surface area contributed by atoms with Crippen LogP contribution in [0, 0.1) is 20.8 Å². The van der Waals surface area contributed by atoms with Crippen molar-refractivity contribution >= 4 is 56.3 Å². The molecule has 3 aromatic rings. The summed E-state index contributed by atoms with van der Waals surface area (Å²) in [5.41, 5.74) is 8.93. The van der Waals surface area contributed by atoms with E-state index in [1.807, 2.05) is 97.6 Å². The second-order valence-corrected chi connectivity index (χ2v) is 10.4. The molecule has 0 aliphatic heterocycles. The number of carbonyl (C=O) groups is 2. The lowest BCUT2D eigenvalue weighted by Gasteiger charge is -2.16. The summed E-state index contributed by atoms with van der Waals surface area (Å²) >= 11 is 2.15. The second kappa shape index (κ2) is 26.9. The van der Waals surface area contributed by atoms with Gasteiger partial charge in [0.2, 0.25) is 0 Å². The standard InChI is InChI=1S/C26H28N2O6S2.3C2H6.CH3I/c1-16-14-20(33-24-17(2)12-19(13-18(24)3)15-21(27)25(29)30)7-8-22(16)34-26(31)32-10-11-35-36-23-6-4-5-9-28-23;4*1-2/h4-9,12-14,21H,10-11,15,27H2,1-3H3,(H,29,30);3*1-2H3;1H3. The average molecular weight is 761 g/mol. The number of nitrogens with zero attached hydrogens (tertiary/aromatic N) is 1. The Morgan fingerprint density at radius 2 is 1.55 bits per heavy atom. The summed E-state index contributed by atoms with van der Waals surface area (Å²) in [7, 11) is 3.06. The first kappa shape index (κ1) is 43.6. The number of hydrogen-bond donors (Lipinski definition) is 2. The first-order valence-electron chi connectivity index (χ1n) is 14.5. The van der Waals surface area contributed by atoms with E-state index in [9.17, 15) is 9.59 Å². The van der Waals surface area contributed by atoms with Gasteiger partial charge in [-0.2, -0.15) is 0 Å². The van der Waals surface area contributed by atoms with Gasteiger partial charge in [0.1, 0.15) is 34.9 Å². The Morgan fingerprint density at radius 1 is 0.932 bits per heavy atom. The van der Waals surface area contributed by atoms with Crippen molar-refractivity contribution in [3.8, 4) is 17.2 Å². The minimum Gasteiger partial charge on any atom is -0.480 e. The van der Waals surface area contributed by atoms with Crippen molar-refractivity contribution in [1.29, 1.82) is 0 Å². The van der Waals surface area contributed by atoms with Crippen LogP contribution in [-0.4, -0.2) is 45.5 Å².